The third-order valence-electron chi connectivity index (χ3n) is 3.25. The second kappa shape index (κ2) is 8.19. The highest BCUT2D eigenvalue weighted by atomic mass is 35.5. The molecule has 2 aromatic heterocycles. The number of hydrogen-bond donors (Lipinski definition) is 2. The van der Waals surface area contributed by atoms with Gasteiger partial charge in [0.05, 0.1) is 0 Å². The van der Waals surface area contributed by atoms with E-state index in [1.165, 1.54) is 17.5 Å². The van der Waals surface area contributed by atoms with Crippen LogP contribution in [0.2, 0.25) is 5.15 Å². The Hall–Kier alpha value is -1.77. The first-order valence-corrected chi connectivity index (χ1v) is 8.16. The zero-order chi connectivity index (χ0) is 16.8. The molecule has 0 aliphatic heterocycles. The van der Waals surface area contributed by atoms with Crippen LogP contribution in [0, 0.1) is 5.82 Å². The van der Waals surface area contributed by atoms with Gasteiger partial charge in [-0.1, -0.05) is 11.6 Å². The molecule has 0 amide bonds. The van der Waals surface area contributed by atoms with E-state index in [4.69, 9.17) is 16.7 Å². The van der Waals surface area contributed by atoms with Gasteiger partial charge in [0.2, 0.25) is 0 Å². The number of pyridine rings is 1. The van der Waals surface area contributed by atoms with Crippen molar-refractivity contribution in [2.75, 3.05) is 5.43 Å². The van der Waals surface area contributed by atoms with Crippen molar-refractivity contribution in [3.8, 4) is 0 Å². The van der Waals surface area contributed by atoms with E-state index in [1.807, 2.05) is 12.3 Å². The normalized spacial score (nSPS) is 12.3. The Bertz CT molecular complexity index is 656. The number of nitrogens with zero attached hydrogens (tertiary/aromatic N) is 3. The molecule has 124 valence electrons. The van der Waals surface area contributed by atoms with Crippen LogP contribution >= 0.6 is 22.9 Å². The van der Waals surface area contributed by atoms with Crippen molar-refractivity contribution in [2.24, 2.45) is 0 Å². The number of aromatic nitrogens is 2. The summed E-state index contributed by atoms with van der Waals surface area (Å²) >= 11 is 7.11. The lowest BCUT2D eigenvalue weighted by atomic mass is 10.1. The fraction of sp³-hybridized carbons (Fsp3) is 0.357. The molecule has 0 aromatic carbocycles. The minimum atomic E-state index is -0.871. The van der Waals surface area contributed by atoms with Crippen molar-refractivity contribution in [3.05, 3.63) is 40.4 Å². The fourth-order valence-corrected chi connectivity index (χ4v) is 2.68. The maximum Gasteiger partial charge on any atom is 0.303 e. The number of thiazole rings is 1. The van der Waals surface area contributed by atoms with E-state index in [1.54, 1.807) is 17.3 Å². The number of nitrogens with one attached hydrogen (secondary N) is 1. The summed E-state index contributed by atoms with van der Waals surface area (Å²) < 4.78 is 14.1. The smallest absolute Gasteiger partial charge is 0.303 e. The maximum absolute atomic E-state index is 14.1. The van der Waals surface area contributed by atoms with E-state index in [-0.39, 0.29) is 24.2 Å². The molecule has 1 atom stereocenters. The van der Waals surface area contributed by atoms with Crippen LogP contribution < -0.4 is 5.43 Å². The molecule has 0 aliphatic rings. The second-order valence-electron chi connectivity index (χ2n) is 4.93. The molecule has 2 aromatic rings. The molecule has 0 saturated carbocycles. The largest absolute Gasteiger partial charge is 0.481 e. The number of carboxylic acids is 1. The molecule has 0 aliphatic carbocycles. The fourth-order valence-electron chi connectivity index (χ4n) is 1.96. The Labute approximate surface area is 141 Å². The Balaban J connectivity index is 2.15. The molecule has 0 saturated heterocycles. The van der Waals surface area contributed by atoms with Gasteiger partial charge >= 0.3 is 5.97 Å². The third-order valence-corrected chi connectivity index (χ3v) is 4.19. The van der Waals surface area contributed by atoms with Crippen LogP contribution in [0.1, 0.15) is 25.3 Å². The minimum Gasteiger partial charge on any atom is -0.481 e. The third kappa shape index (κ3) is 5.12. The van der Waals surface area contributed by atoms with Crippen molar-refractivity contribution < 1.29 is 14.3 Å². The van der Waals surface area contributed by atoms with Crippen LogP contribution in [0.4, 0.5) is 9.52 Å². The summed E-state index contributed by atoms with van der Waals surface area (Å²) in [6, 6.07) is 1.39. The summed E-state index contributed by atoms with van der Waals surface area (Å²) in [6.45, 7) is 2.07. The van der Waals surface area contributed by atoms with Gasteiger partial charge in [-0.15, -0.1) is 11.3 Å². The number of carbonyl (C=O) groups is 1. The molecule has 2 heterocycles. The number of hydrogen-bond acceptors (Lipinski definition) is 6. The van der Waals surface area contributed by atoms with E-state index in [2.05, 4.69) is 15.4 Å². The van der Waals surface area contributed by atoms with E-state index < -0.39 is 11.8 Å². The van der Waals surface area contributed by atoms with Gasteiger partial charge in [-0.2, -0.15) is 0 Å². The number of rotatable bonds is 8. The number of carboxylic acid groups (broad SMARTS) is 1. The highest BCUT2D eigenvalue weighted by molar-refractivity contribution is 7.13. The number of halogens is 2. The van der Waals surface area contributed by atoms with Crippen LogP contribution in [0.15, 0.2) is 23.8 Å². The summed E-state index contributed by atoms with van der Waals surface area (Å²) in [5.74, 6) is -1.45. The Morgan fingerprint density at radius 1 is 1.52 bits per heavy atom. The second-order valence-corrected chi connectivity index (χ2v) is 6.19. The lowest BCUT2D eigenvalue weighted by Crippen LogP contribution is -2.38. The van der Waals surface area contributed by atoms with Crippen molar-refractivity contribution >= 4 is 34.0 Å². The monoisotopic (exact) mass is 358 g/mol. The Morgan fingerprint density at radius 3 is 2.96 bits per heavy atom. The van der Waals surface area contributed by atoms with E-state index in [0.29, 0.717) is 17.1 Å². The molecule has 1 unspecified atom stereocenters. The maximum atomic E-state index is 14.1. The molecule has 2 N–H and O–H groups in total. The summed E-state index contributed by atoms with van der Waals surface area (Å²) in [5, 5.41) is 12.9. The molecule has 0 spiro atoms. The molecular weight excluding hydrogens is 343 g/mol. The lowest BCUT2D eigenvalue weighted by molar-refractivity contribution is -0.137. The van der Waals surface area contributed by atoms with Crippen LogP contribution in [0.5, 0.6) is 0 Å². The van der Waals surface area contributed by atoms with E-state index in [9.17, 15) is 9.18 Å². The first-order chi connectivity index (χ1) is 11.0. The zero-order valence-corrected chi connectivity index (χ0v) is 13.9. The standard InChI is InChI=1S/C14H16ClFN4O2S/c1-9(2-3-11(21)22)20(19-14-18-6-7-23-14)8-10-4-5-17-13(15)12(10)16/h4-7,9H,2-3,8H2,1H3,(H,18,19)(H,21,22). The lowest BCUT2D eigenvalue weighted by Gasteiger charge is -2.29. The predicted molar refractivity (Wildman–Crippen MR) is 86.8 cm³/mol. The molecule has 23 heavy (non-hydrogen) atoms. The van der Waals surface area contributed by atoms with Gasteiger partial charge in [0.15, 0.2) is 16.1 Å². The summed E-state index contributed by atoms with van der Waals surface area (Å²) in [4.78, 5) is 18.6. The molecule has 0 radical (unpaired) electrons. The first-order valence-electron chi connectivity index (χ1n) is 6.91. The Kier molecular flexibility index (Phi) is 6.26. The molecule has 0 fully saturated rings. The van der Waals surface area contributed by atoms with Gasteiger partial charge in [0.25, 0.3) is 0 Å². The topological polar surface area (TPSA) is 78.3 Å². The molecule has 9 heteroatoms. The average Bonchev–Trinajstić information content (AvgIpc) is 3.01. The predicted octanol–water partition coefficient (Wildman–Crippen LogP) is 3.41. The van der Waals surface area contributed by atoms with Crippen molar-refractivity contribution in [3.63, 3.8) is 0 Å². The van der Waals surface area contributed by atoms with E-state index >= 15 is 0 Å². The summed E-state index contributed by atoms with van der Waals surface area (Å²) in [7, 11) is 0. The molecule has 2 rings (SSSR count). The van der Waals surface area contributed by atoms with Crippen molar-refractivity contribution in [1.29, 1.82) is 0 Å². The zero-order valence-electron chi connectivity index (χ0n) is 12.4. The molecule has 6 nitrogen and oxygen atoms in total. The minimum absolute atomic E-state index is 0.0246. The first kappa shape index (κ1) is 17.6. The van der Waals surface area contributed by atoms with Crippen molar-refractivity contribution in [1.82, 2.24) is 15.0 Å². The Morgan fingerprint density at radius 2 is 2.30 bits per heavy atom. The van der Waals surface area contributed by atoms with Crippen LogP contribution in [-0.2, 0) is 11.3 Å². The van der Waals surface area contributed by atoms with Crippen LogP contribution in [0.25, 0.3) is 0 Å². The number of aliphatic carboxylic acids is 1. The molecular formula is C14H16ClFN4O2S. The van der Waals surface area contributed by atoms with Gasteiger partial charge < -0.3 is 5.11 Å². The highest BCUT2D eigenvalue weighted by Crippen LogP contribution is 2.21. The number of hydrazine groups is 1. The summed E-state index contributed by atoms with van der Waals surface area (Å²) in [6.07, 6.45) is 3.52. The van der Waals surface area contributed by atoms with E-state index in [0.717, 1.165) is 0 Å². The van der Waals surface area contributed by atoms with Crippen molar-refractivity contribution in [2.45, 2.75) is 32.4 Å². The van der Waals surface area contributed by atoms with Gasteiger partial charge in [-0.25, -0.2) is 19.4 Å². The van der Waals surface area contributed by atoms with Gasteiger partial charge in [-0.05, 0) is 19.4 Å². The SMILES string of the molecule is CC(CCC(=O)O)N(Cc1ccnc(Cl)c1F)Nc1nccs1. The summed E-state index contributed by atoms with van der Waals surface area (Å²) in [5.41, 5.74) is 3.47. The van der Waals surface area contributed by atoms with Gasteiger partial charge in [0, 0.05) is 42.3 Å². The van der Waals surface area contributed by atoms with Crippen LogP contribution in [0.3, 0.4) is 0 Å². The van der Waals surface area contributed by atoms with Gasteiger partial charge in [-0.3, -0.25) is 10.2 Å². The quantitative estimate of drug-likeness (QED) is 0.556. The molecule has 0 bridgehead atoms. The van der Waals surface area contributed by atoms with Gasteiger partial charge in [0.1, 0.15) is 0 Å². The van der Waals surface area contributed by atoms with Crippen LogP contribution in [-0.4, -0.2) is 32.1 Å². The average molecular weight is 359 g/mol. The number of anilines is 1. The highest BCUT2D eigenvalue weighted by Gasteiger charge is 2.19.